The minimum atomic E-state index is 0.0961. The lowest BCUT2D eigenvalue weighted by molar-refractivity contribution is -0.117. The van der Waals surface area contributed by atoms with Crippen molar-refractivity contribution in [1.82, 2.24) is 5.32 Å². The molecule has 2 rings (SSSR count). The molecule has 2 aliphatic heterocycles. The maximum absolute atomic E-state index is 12.3. The van der Waals surface area contributed by atoms with E-state index in [2.05, 4.69) is 18.3 Å². The fraction of sp³-hybridized carbons (Fsp3) is 0.850. The van der Waals surface area contributed by atoms with Gasteiger partial charge in [-0.05, 0) is 58.3 Å². The van der Waals surface area contributed by atoms with Gasteiger partial charge in [0.25, 0.3) is 5.91 Å². The highest BCUT2D eigenvalue weighted by Gasteiger charge is 2.29. The van der Waals surface area contributed by atoms with E-state index in [1.165, 1.54) is 19.3 Å². The van der Waals surface area contributed by atoms with Crippen molar-refractivity contribution in [3.63, 3.8) is 0 Å². The Labute approximate surface area is 157 Å². The zero-order chi connectivity index (χ0) is 18.1. The predicted octanol–water partition coefficient (Wildman–Crippen LogP) is 4.29. The van der Waals surface area contributed by atoms with E-state index in [9.17, 15) is 4.79 Å². The number of nitrogens with one attached hydrogen (secondary N) is 1. The van der Waals surface area contributed by atoms with Gasteiger partial charge >= 0.3 is 0 Å². The Balaban J connectivity index is 1.89. The fourth-order valence-electron chi connectivity index (χ4n) is 3.56. The number of carbonyl (C=O) groups is 1. The lowest BCUT2D eigenvalue weighted by Crippen LogP contribution is -2.30. The summed E-state index contributed by atoms with van der Waals surface area (Å²) in [6.07, 6.45) is 10.4. The van der Waals surface area contributed by atoms with Gasteiger partial charge in [-0.15, -0.1) is 11.8 Å². The zero-order valence-electron chi connectivity index (χ0n) is 16.1. The molecule has 1 fully saturated rings. The SMILES string of the molecule is CCC1CCC([C@@H]2CC=C(C(=O)NC(C)C)S2)CCCCOCCO1. The van der Waals surface area contributed by atoms with Crippen LogP contribution in [0.15, 0.2) is 11.0 Å². The lowest BCUT2D eigenvalue weighted by Gasteiger charge is -2.26. The van der Waals surface area contributed by atoms with Crippen LogP contribution in [-0.4, -0.2) is 43.1 Å². The maximum Gasteiger partial charge on any atom is 0.257 e. The monoisotopic (exact) mass is 369 g/mol. The van der Waals surface area contributed by atoms with E-state index in [1.807, 2.05) is 13.8 Å². The molecule has 3 atom stereocenters. The number of hydrogen-bond acceptors (Lipinski definition) is 4. The highest BCUT2D eigenvalue weighted by molar-refractivity contribution is 8.04. The third-order valence-electron chi connectivity index (χ3n) is 4.99. The Kier molecular flexibility index (Phi) is 9.35. The van der Waals surface area contributed by atoms with Crippen LogP contribution in [0.1, 0.15) is 65.7 Å². The molecule has 25 heavy (non-hydrogen) atoms. The number of thioether (sulfide) groups is 1. The Morgan fingerprint density at radius 1 is 1.24 bits per heavy atom. The van der Waals surface area contributed by atoms with Crippen LogP contribution in [0.4, 0.5) is 0 Å². The molecule has 5 heteroatoms. The summed E-state index contributed by atoms with van der Waals surface area (Å²) in [5, 5.41) is 3.55. The molecule has 0 aromatic rings. The molecule has 2 aliphatic rings. The van der Waals surface area contributed by atoms with Crippen molar-refractivity contribution >= 4 is 17.7 Å². The fourth-order valence-corrected chi connectivity index (χ4v) is 4.90. The molecule has 0 aromatic heterocycles. The Morgan fingerprint density at radius 3 is 2.84 bits per heavy atom. The van der Waals surface area contributed by atoms with Crippen molar-refractivity contribution in [3.05, 3.63) is 11.0 Å². The van der Waals surface area contributed by atoms with Crippen LogP contribution in [0, 0.1) is 5.92 Å². The van der Waals surface area contributed by atoms with Crippen molar-refractivity contribution in [2.24, 2.45) is 5.92 Å². The second kappa shape index (κ2) is 11.2. The summed E-state index contributed by atoms with van der Waals surface area (Å²) in [4.78, 5) is 13.2. The molecule has 0 aromatic carbocycles. The standard InChI is InChI=1S/C20H35NO3S/c1-4-17-9-8-16(7-5-6-12-23-13-14-24-17)18-10-11-19(25-18)20(22)21-15(2)3/h11,15-18H,4-10,12-14H2,1-3H3,(H,21,22)/t16?,17?,18-/m0/s1. The summed E-state index contributed by atoms with van der Waals surface area (Å²) in [5.41, 5.74) is 0. The Morgan fingerprint density at radius 2 is 2.08 bits per heavy atom. The van der Waals surface area contributed by atoms with E-state index in [-0.39, 0.29) is 11.9 Å². The van der Waals surface area contributed by atoms with Gasteiger partial charge < -0.3 is 14.8 Å². The Bertz CT molecular complexity index is 439. The number of ether oxygens (including phenoxy) is 2. The zero-order valence-corrected chi connectivity index (χ0v) is 16.9. The first-order chi connectivity index (χ1) is 12.1. The average molecular weight is 370 g/mol. The van der Waals surface area contributed by atoms with Gasteiger partial charge in [-0.25, -0.2) is 0 Å². The predicted molar refractivity (Wildman–Crippen MR) is 105 cm³/mol. The molecular weight excluding hydrogens is 334 g/mol. The van der Waals surface area contributed by atoms with Crippen LogP contribution in [0.3, 0.4) is 0 Å². The molecule has 1 amide bonds. The second-order valence-electron chi connectivity index (χ2n) is 7.44. The highest BCUT2D eigenvalue weighted by Crippen LogP contribution is 2.40. The van der Waals surface area contributed by atoms with Crippen LogP contribution in [-0.2, 0) is 14.3 Å². The molecule has 0 radical (unpaired) electrons. The van der Waals surface area contributed by atoms with Crippen molar-refractivity contribution in [3.8, 4) is 0 Å². The molecule has 2 heterocycles. The first-order valence-corrected chi connectivity index (χ1v) is 10.8. The Hall–Kier alpha value is -0.520. The van der Waals surface area contributed by atoms with E-state index in [0.29, 0.717) is 23.9 Å². The number of allylic oxidation sites excluding steroid dienone is 1. The number of amides is 1. The van der Waals surface area contributed by atoms with Crippen molar-refractivity contribution in [1.29, 1.82) is 0 Å². The molecule has 0 aliphatic carbocycles. The molecule has 144 valence electrons. The maximum atomic E-state index is 12.3. The summed E-state index contributed by atoms with van der Waals surface area (Å²) in [7, 11) is 0. The normalized spacial score (nSPS) is 29.6. The van der Waals surface area contributed by atoms with Gasteiger partial charge in [-0.2, -0.15) is 0 Å². The van der Waals surface area contributed by atoms with Gasteiger partial charge in [0.15, 0.2) is 0 Å². The highest BCUT2D eigenvalue weighted by atomic mass is 32.2. The third-order valence-corrected chi connectivity index (χ3v) is 6.48. The van der Waals surface area contributed by atoms with Gasteiger partial charge in [-0.3, -0.25) is 4.79 Å². The molecule has 0 bridgehead atoms. The molecule has 1 N–H and O–H groups in total. The van der Waals surface area contributed by atoms with E-state index in [1.54, 1.807) is 11.8 Å². The average Bonchev–Trinajstić information content (AvgIpc) is 3.05. The van der Waals surface area contributed by atoms with E-state index < -0.39 is 0 Å². The van der Waals surface area contributed by atoms with Gasteiger partial charge in [0.05, 0.1) is 24.2 Å². The van der Waals surface area contributed by atoms with E-state index in [4.69, 9.17) is 9.47 Å². The van der Waals surface area contributed by atoms with E-state index >= 15 is 0 Å². The molecule has 0 saturated carbocycles. The largest absolute Gasteiger partial charge is 0.379 e. The molecule has 2 unspecified atom stereocenters. The summed E-state index contributed by atoms with van der Waals surface area (Å²) < 4.78 is 11.6. The van der Waals surface area contributed by atoms with Crippen molar-refractivity contribution in [2.75, 3.05) is 19.8 Å². The molecule has 1 saturated heterocycles. The van der Waals surface area contributed by atoms with Crippen LogP contribution in [0.2, 0.25) is 0 Å². The minimum Gasteiger partial charge on any atom is -0.379 e. The summed E-state index contributed by atoms with van der Waals surface area (Å²) in [6, 6.07) is 0.192. The number of hydrogen-bond donors (Lipinski definition) is 1. The quantitative estimate of drug-likeness (QED) is 0.803. The summed E-state index contributed by atoms with van der Waals surface area (Å²) >= 11 is 1.79. The van der Waals surface area contributed by atoms with Gasteiger partial charge in [0.2, 0.25) is 0 Å². The lowest BCUT2D eigenvalue weighted by atomic mass is 9.90. The molecule has 4 nitrogen and oxygen atoms in total. The summed E-state index contributed by atoms with van der Waals surface area (Å²) in [5.74, 6) is 0.751. The number of carbonyl (C=O) groups excluding carboxylic acids is 1. The van der Waals surface area contributed by atoms with Gasteiger partial charge in [-0.1, -0.05) is 19.4 Å². The number of rotatable bonds is 4. The van der Waals surface area contributed by atoms with Crippen molar-refractivity contribution < 1.29 is 14.3 Å². The summed E-state index contributed by atoms with van der Waals surface area (Å²) in [6.45, 7) is 8.49. The van der Waals surface area contributed by atoms with Crippen LogP contribution < -0.4 is 5.32 Å². The topological polar surface area (TPSA) is 47.6 Å². The smallest absolute Gasteiger partial charge is 0.257 e. The van der Waals surface area contributed by atoms with Gasteiger partial charge in [0, 0.05) is 17.9 Å². The third kappa shape index (κ3) is 7.32. The second-order valence-corrected chi connectivity index (χ2v) is 8.72. The van der Waals surface area contributed by atoms with Crippen LogP contribution >= 0.6 is 11.8 Å². The molecular formula is C20H35NO3S. The van der Waals surface area contributed by atoms with Gasteiger partial charge in [0.1, 0.15) is 0 Å². The minimum absolute atomic E-state index is 0.0961. The van der Waals surface area contributed by atoms with Crippen LogP contribution in [0.5, 0.6) is 0 Å². The molecule has 0 spiro atoms. The van der Waals surface area contributed by atoms with Crippen molar-refractivity contribution in [2.45, 2.75) is 83.1 Å². The van der Waals surface area contributed by atoms with Crippen LogP contribution in [0.25, 0.3) is 0 Å². The first-order valence-electron chi connectivity index (χ1n) is 9.97. The first kappa shape index (κ1) is 20.8. The van der Waals surface area contributed by atoms with E-state index in [0.717, 1.165) is 43.8 Å².